The van der Waals surface area contributed by atoms with Crippen LogP contribution in [0.3, 0.4) is 0 Å². The molecule has 0 bridgehead atoms. The molecule has 19 heavy (non-hydrogen) atoms. The van der Waals surface area contributed by atoms with Crippen molar-refractivity contribution in [3.05, 3.63) is 53.4 Å². The van der Waals surface area contributed by atoms with Gasteiger partial charge in [-0.25, -0.2) is 4.39 Å². The molecular formula is C14H9ClFNO2. The molecule has 5 heteroatoms. The second-order valence-corrected chi connectivity index (χ2v) is 4.31. The molecule has 0 fully saturated rings. The monoisotopic (exact) mass is 276 g/mol. The lowest BCUT2D eigenvalue weighted by Gasteiger charge is -2.00. The Morgan fingerprint density at radius 1 is 1.11 bits per heavy atom. The summed E-state index contributed by atoms with van der Waals surface area (Å²) in [6, 6.07) is 12.6. The molecule has 0 aliphatic carbocycles. The summed E-state index contributed by atoms with van der Waals surface area (Å²) in [5.74, 6) is 0.626. The number of alkyl halides is 1. The fraction of sp³-hybridized carbons (Fsp3) is 0.0714. The van der Waals surface area contributed by atoms with E-state index in [9.17, 15) is 4.39 Å². The number of halogens is 2. The summed E-state index contributed by atoms with van der Waals surface area (Å²) in [6.45, 7) is -0.730. The normalized spacial score (nSPS) is 10.8. The Labute approximate surface area is 113 Å². The molecule has 3 rings (SSSR count). The van der Waals surface area contributed by atoms with Gasteiger partial charge in [-0.15, -0.1) is 0 Å². The minimum absolute atomic E-state index is 0.175. The number of rotatable bonds is 3. The predicted octanol–water partition coefficient (Wildman–Crippen LogP) is 4.72. The molecule has 0 aliphatic heterocycles. The zero-order chi connectivity index (χ0) is 13.2. The van der Waals surface area contributed by atoms with Crippen molar-refractivity contribution >= 4 is 11.6 Å². The lowest BCUT2D eigenvalue weighted by Crippen LogP contribution is -1.84. The number of benzene rings is 1. The van der Waals surface area contributed by atoms with Gasteiger partial charge in [-0.2, -0.15) is 0 Å². The summed E-state index contributed by atoms with van der Waals surface area (Å²) in [5.41, 5.74) is 1.86. The number of aromatic nitrogens is 1. The maximum Gasteiger partial charge on any atom is 0.194 e. The third-order valence-corrected chi connectivity index (χ3v) is 2.96. The van der Waals surface area contributed by atoms with E-state index >= 15 is 0 Å². The summed E-state index contributed by atoms with van der Waals surface area (Å²) >= 11 is 5.75. The molecule has 0 spiro atoms. The highest BCUT2D eigenvalue weighted by Crippen LogP contribution is 2.36. The van der Waals surface area contributed by atoms with E-state index in [0.717, 1.165) is 5.56 Å². The molecule has 1 aromatic carbocycles. The van der Waals surface area contributed by atoms with Crippen LogP contribution in [0.1, 0.15) is 5.76 Å². The molecule has 0 amide bonds. The van der Waals surface area contributed by atoms with E-state index in [-0.39, 0.29) is 11.0 Å². The van der Waals surface area contributed by atoms with E-state index in [1.807, 2.05) is 30.3 Å². The summed E-state index contributed by atoms with van der Waals surface area (Å²) in [7, 11) is 0. The maximum atomic E-state index is 13.0. The Kier molecular flexibility index (Phi) is 3.09. The molecule has 3 nitrogen and oxygen atoms in total. The first-order valence-electron chi connectivity index (χ1n) is 5.65. The van der Waals surface area contributed by atoms with Gasteiger partial charge in [0.25, 0.3) is 0 Å². The minimum Gasteiger partial charge on any atom is -0.443 e. The smallest absolute Gasteiger partial charge is 0.194 e. The summed E-state index contributed by atoms with van der Waals surface area (Å²) < 4.78 is 23.4. The SMILES string of the molecule is [18F]Cc1onc(-c2ccc(Cl)o2)c1-c1ccccc1. The molecule has 0 radical (unpaired) electrons. The molecule has 3 aromatic rings. The zero-order valence-electron chi connectivity index (χ0n) is 9.77. The highest BCUT2D eigenvalue weighted by Gasteiger charge is 2.21. The Hall–Kier alpha value is -2.07. The fourth-order valence-corrected chi connectivity index (χ4v) is 2.07. The first-order chi connectivity index (χ1) is 9.29. The third kappa shape index (κ3) is 2.15. The van der Waals surface area contributed by atoms with Crippen molar-refractivity contribution in [2.45, 2.75) is 6.67 Å². The molecule has 0 atom stereocenters. The predicted molar refractivity (Wildman–Crippen MR) is 69.5 cm³/mol. The second-order valence-electron chi connectivity index (χ2n) is 3.93. The van der Waals surface area contributed by atoms with E-state index in [4.69, 9.17) is 20.5 Å². The number of furan rings is 1. The van der Waals surface area contributed by atoms with Gasteiger partial charge in [0.2, 0.25) is 0 Å². The van der Waals surface area contributed by atoms with Crippen LogP contribution in [0.15, 0.2) is 51.4 Å². The molecule has 0 saturated carbocycles. The standard InChI is InChI=1S/C14H9ClFNO2/c15-12-7-6-10(18-12)14-13(11(8-16)19-17-14)9-4-2-1-3-5-9/h1-7H,8H2/i16-1. The zero-order valence-corrected chi connectivity index (χ0v) is 10.5. The highest BCUT2D eigenvalue weighted by molar-refractivity contribution is 6.29. The van der Waals surface area contributed by atoms with Crippen LogP contribution in [-0.4, -0.2) is 5.16 Å². The van der Waals surface area contributed by atoms with Crippen LogP contribution in [0.2, 0.25) is 5.22 Å². The van der Waals surface area contributed by atoms with Gasteiger partial charge >= 0.3 is 0 Å². The van der Waals surface area contributed by atoms with Crippen LogP contribution in [0.5, 0.6) is 0 Å². The lowest BCUT2D eigenvalue weighted by atomic mass is 10.0. The third-order valence-electron chi connectivity index (χ3n) is 2.75. The van der Waals surface area contributed by atoms with Crippen LogP contribution in [-0.2, 0) is 6.67 Å². The Morgan fingerprint density at radius 3 is 2.53 bits per heavy atom. The van der Waals surface area contributed by atoms with Crippen molar-refractivity contribution < 1.29 is 13.3 Å². The van der Waals surface area contributed by atoms with Gasteiger partial charge in [-0.3, -0.25) is 0 Å². The average Bonchev–Trinajstić information content (AvgIpc) is 3.05. The van der Waals surface area contributed by atoms with Gasteiger partial charge in [0.15, 0.2) is 29.1 Å². The van der Waals surface area contributed by atoms with Gasteiger partial charge in [0, 0.05) is 0 Å². The van der Waals surface area contributed by atoms with Crippen LogP contribution in [0.25, 0.3) is 22.6 Å². The Bertz CT molecular complexity index is 691. The molecule has 2 aromatic heterocycles. The van der Waals surface area contributed by atoms with E-state index in [2.05, 4.69) is 5.16 Å². The van der Waals surface area contributed by atoms with Gasteiger partial charge in [-0.05, 0) is 29.3 Å². The Morgan fingerprint density at radius 2 is 1.89 bits per heavy atom. The van der Waals surface area contributed by atoms with Crippen LogP contribution in [0.4, 0.5) is 4.39 Å². The van der Waals surface area contributed by atoms with E-state index in [1.54, 1.807) is 12.1 Å². The van der Waals surface area contributed by atoms with Crippen molar-refractivity contribution in [1.29, 1.82) is 0 Å². The Balaban J connectivity index is 2.19. The number of hydrogen-bond donors (Lipinski definition) is 0. The van der Waals surface area contributed by atoms with Gasteiger partial charge in [0.05, 0.1) is 5.56 Å². The molecule has 0 saturated heterocycles. The average molecular weight is 277 g/mol. The van der Waals surface area contributed by atoms with Crippen molar-refractivity contribution in [3.63, 3.8) is 0 Å². The van der Waals surface area contributed by atoms with Crippen molar-refractivity contribution in [2.75, 3.05) is 0 Å². The topological polar surface area (TPSA) is 39.2 Å². The highest BCUT2D eigenvalue weighted by atomic mass is 35.5. The van der Waals surface area contributed by atoms with Crippen LogP contribution in [0, 0.1) is 0 Å². The first kappa shape index (κ1) is 12.0. The first-order valence-corrected chi connectivity index (χ1v) is 6.03. The molecule has 2 heterocycles. The minimum atomic E-state index is -0.730. The van der Waals surface area contributed by atoms with Gasteiger partial charge in [-0.1, -0.05) is 35.5 Å². The van der Waals surface area contributed by atoms with Gasteiger partial charge < -0.3 is 8.94 Å². The summed E-state index contributed by atoms with van der Waals surface area (Å²) in [4.78, 5) is 0. The lowest BCUT2D eigenvalue weighted by molar-refractivity contribution is 0.331. The van der Waals surface area contributed by atoms with Crippen LogP contribution < -0.4 is 0 Å². The summed E-state index contributed by atoms with van der Waals surface area (Å²) in [6.07, 6.45) is 0. The second kappa shape index (κ2) is 4.90. The van der Waals surface area contributed by atoms with Crippen LogP contribution >= 0.6 is 11.6 Å². The quantitative estimate of drug-likeness (QED) is 0.694. The fourth-order valence-electron chi connectivity index (χ4n) is 1.93. The van der Waals surface area contributed by atoms with Gasteiger partial charge in [0.1, 0.15) is 0 Å². The summed E-state index contributed by atoms with van der Waals surface area (Å²) in [5, 5.41) is 4.13. The molecule has 0 N–H and O–H groups in total. The molecular weight excluding hydrogens is 268 g/mol. The van der Waals surface area contributed by atoms with Crippen molar-refractivity contribution in [1.82, 2.24) is 5.16 Å². The van der Waals surface area contributed by atoms with E-state index in [0.29, 0.717) is 17.0 Å². The van der Waals surface area contributed by atoms with Crippen molar-refractivity contribution in [2.24, 2.45) is 0 Å². The molecule has 0 unspecified atom stereocenters. The molecule has 96 valence electrons. The van der Waals surface area contributed by atoms with Crippen molar-refractivity contribution in [3.8, 4) is 22.6 Å². The molecule has 0 aliphatic rings. The largest absolute Gasteiger partial charge is 0.443 e. The number of hydrogen-bond acceptors (Lipinski definition) is 3. The number of nitrogens with zero attached hydrogens (tertiary/aromatic N) is 1. The van der Waals surface area contributed by atoms with E-state index in [1.165, 1.54) is 0 Å². The maximum absolute atomic E-state index is 13.0. The van der Waals surface area contributed by atoms with E-state index < -0.39 is 6.67 Å².